The first kappa shape index (κ1) is 20.2. The molecular weight excluding hydrogens is 396 g/mol. The van der Waals surface area contributed by atoms with Crippen LogP contribution in [0.15, 0.2) is 36.5 Å². The van der Waals surface area contributed by atoms with Crippen molar-refractivity contribution < 1.29 is 9.59 Å². The Morgan fingerprint density at radius 2 is 2.06 bits per heavy atom. The minimum Gasteiger partial charge on any atom is -0.366 e. The zero-order valence-corrected chi connectivity index (χ0v) is 16.8. The number of aromatic amines is 1. The van der Waals surface area contributed by atoms with E-state index in [9.17, 15) is 9.59 Å². The van der Waals surface area contributed by atoms with Gasteiger partial charge in [-0.05, 0) is 43.2 Å². The SMILES string of the molecule is N#CCC(=O)N1CCCC(Nc2nc(Nc3ccc(C(N)=O)cc3)nc3[nH]ccc23)C1. The van der Waals surface area contributed by atoms with Gasteiger partial charge in [0.2, 0.25) is 17.8 Å². The van der Waals surface area contributed by atoms with Gasteiger partial charge in [-0.2, -0.15) is 15.2 Å². The molecule has 0 aliphatic carbocycles. The number of rotatable bonds is 6. The number of hydrogen-bond acceptors (Lipinski definition) is 7. The molecule has 10 heteroatoms. The molecule has 0 radical (unpaired) electrons. The lowest BCUT2D eigenvalue weighted by molar-refractivity contribution is -0.131. The number of hydrogen-bond donors (Lipinski definition) is 4. The van der Waals surface area contributed by atoms with Crippen LogP contribution >= 0.6 is 0 Å². The number of nitriles is 1. The van der Waals surface area contributed by atoms with Gasteiger partial charge in [0, 0.05) is 36.6 Å². The van der Waals surface area contributed by atoms with E-state index in [-0.39, 0.29) is 18.4 Å². The number of piperidine rings is 1. The Morgan fingerprint density at radius 1 is 1.26 bits per heavy atom. The first-order valence-electron chi connectivity index (χ1n) is 9.97. The fourth-order valence-corrected chi connectivity index (χ4v) is 3.65. The Hall–Kier alpha value is -4.13. The van der Waals surface area contributed by atoms with Gasteiger partial charge in [0.05, 0.1) is 11.5 Å². The van der Waals surface area contributed by atoms with Crippen LogP contribution in [0.2, 0.25) is 0 Å². The summed E-state index contributed by atoms with van der Waals surface area (Å²) in [6.45, 7) is 1.18. The van der Waals surface area contributed by atoms with Crippen LogP contribution in [0.5, 0.6) is 0 Å². The number of fused-ring (bicyclic) bond motifs is 1. The summed E-state index contributed by atoms with van der Waals surface area (Å²) in [6, 6.07) is 10.6. The third-order valence-electron chi connectivity index (χ3n) is 5.19. The second-order valence-electron chi connectivity index (χ2n) is 7.36. The quantitative estimate of drug-likeness (QED) is 0.478. The fraction of sp³-hybridized carbons (Fsp3) is 0.286. The topological polar surface area (TPSA) is 153 Å². The minimum atomic E-state index is -0.489. The highest BCUT2D eigenvalue weighted by atomic mass is 16.2. The summed E-state index contributed by atoms with van der Waals surface area (Å²) in [4.78, 5) is 37.3. The first-order chi connectivity index (χ1) is 15.0. The Kier molecular flexibility index (Phi) is 5.66. The van der Waals surface area contributed by atoms with Crippen molar-refractivity contribution in [1.29, 1.82) is 5.26 Å². The average Bonchev–Trinajstić information content (AvgIpc) is 3.23. The number of benzene rings is 1. The van der Waals surface area contributed by atoms with Crippen LogP contribution in [0, 0.1) is 11.3 Å². The summed E-state index contributed by atoms with van der Waals surface area (Å²) < 4.78 is 0. The number of nitrogens with one attached hydrogen (secondary N) is 3. The standard InChI is InChI=1S/C21H22N8O2/c22-9-7-17(30)29-11-1-2-15(12-29)25-20-16-8-10-24-19(16)27-21(28-20)26-14-5-3-13(4-6-14)18(23)31/h3-6,8,10,15H,1-2,7,11-12H2,(H2,23,31)(H3,24,25,26,27,28). The number of aromatic nitrogens is 3. The van der Waals surface area contributed by atoms with Crippen molar-refractivity contribution in [3.8, 4) is 6.07 Å². The summed E-state index contributed by atoms with van der Waals surface area (Å²) >= 11 is 0. The van der Waals surface area contributed by atoms with Gasteiger partial charge >= 0.3 is 0 Å². The summed E-state index contributed by atoms with van der Waals surface area (Å²) in [5, 5.41) is 16.2. The highest BCUT2D eigenvalue weighted by Crippen LogP contribution is 2.25. The maximum atomic E-state index is 12.1. The zero-order valence-electron chi connectivity index (χ0n) is 16.8. The van der Waals surface area contributed by atoms with Crippen LogP contribution < -0.4 is 16.4 Å². The predicted molar refractivity (Wildman–Crippen MR) is 116 cm³/mol. The molecule has 0 saturated carbocycles. The molecule has 2 aromatic heterocycles. The van der Waals surface area contributed by atoms with Crippen molar-refractivity contribution in [3.63, 3.8) is 0 Å². The van der Waals surface area contributed by atoms with Crippen molar-refractivity contribution in [2.24, 2.45) is 5.73 Å². The Labute approximate surface area is 178 Å². The predicted octanol–water partition coefficient (Wildman–Crippen LogP) is 2.12. The molecule has 1 aliphatic rings. The fourth-order valence-electron chi connectivity index (χ4n) is 3.65. The molecule has 2 amide bonds. The molecule has 10 nitrogen and oxygen atoms in total. The van der Waals surface area contributed by atoms with E-state index in [1.54, 1.807) is 35.4 Å². The molecule has 1 saturated heterocycles. The van der Waals surface area contributed by atoms with E-state index >= 15 is 0 Å². The number of carbonyl (C=O) groups is 2. The smallest absolute Gasteiger partial charge is 0.248 e. The van der Waals surface area contributed by atoms with E-state index in [0.717, 1.165) is 18.2 Å². The molecule has 158 valence electrons. The van der Waals surface area contributed by atoms with Crippen molar-refractivity contribution in [1.82, 2.24) is 19.9 Å². The van der Waals surface area contributed by atoms with E-state index in [2.05, 4.69) is 25.6 Å². The monoisotopic (exact) mass is 418 g/mol. The maximum Gasteiger partial charge on any atom is 0.248 e. The molecule has 0 spiro atoms. The summed E-state index contributed by atoms with van der Waals surface area (Å²) in [5.74, 6) is 0.404. The van der Waals surface area contributed by atoms with Crippen molar-refractivity contribution in [2.45, 2.75) is 25.3 Å². The van der Waals surface area contributed by atoms with E-state index in [1.807, 2.05) is 12.1 Å². The molecule has 3 heterocycles. The molecule has 31 heavy (non-hydrogen) atoms. The molecule has 3 aromatic rings. The highest BCUT2D eigenvalue weighted by molar-refractivity contribution is 5.93. The Morgan fingerprint density at radius 3 is 2.81 bits per heavy atom. The molecule has 1 unspecified atom stereocenters. The molecule has 1 aliphatic heterocycles. The van der Waals surface area contributed by atoms with Gasteiger partial charge in [0.1, 0.15) is 17.9 Å². The van der Waals surface area contributed by atoms with Crippen LogP contribution in [-0.4, -0.2) is 50.8 Å². The van der Waals surface area contributed by atoms with Crippen LogP contribution in [0.3, 0.4) is 0 Å². The van der Waals surface area contributed by atoms with Gasteiger partial charge in [-0.15, -0.1) is 0 Å². The molecular formula is C21H22N8O2. The Balaban J connectivity index is 1.54. The normalized spacial score (nSPS) is 16.0. The van der Waals surface area contributed by atoms with Gasteiger partial charge < -0.3 is 26.3 Å². The second kappa shape index (κ2) is 8.71. The molecule has 1 fully saturated rings. The minimum absolute atomic E-state index is 0.0205. The van der Waals surface area contributed by atoms with Gasteiger partial charge in [-0.1, -0.05) is 0 Å². The summed E-state index contributed by atoms with van der Waals surface area (Å²) in [6.07, 6.45) is 3.43. The number of likely N-dealkylation sites (tertiary alicyclic amines) is 1. The summed E-state index contributed by atoms with van der Waals surface area (Å²) in [5.41, 5.74) is 7.09. The maximum absolute atomic E-state index is 12.1. The third-order valence-corrected chi connectivity index (χ3v) is 5.19. The van der Waals surface area contributed by atoms with E-state index < -0.39 is 5.91 Å². The lowest BCUT2D eigenvalue weighted by Crippen LogP contribution is -2.45. The number of nitrogens with two attached hydrogens (primary N) is 1. The van der Waals surface area contributed by atoms with Gasteiger partial charge in [-0.3, -0.25) is 9.59 Å². The van der Waals surface area contributed by atoms with Gasteiger partial charge in [0.15, 0.2) is 0 Å². The number of anilines is 3. The lowest BCUT2D eigenvalue weighted by atomic mass is 10.1. The second-order valence-corrected chi connectivity index (χ2v) is 7.36. The summed E-state index contributed by atoms with van der Waals surface area (Å²) in [7, 11) is 0. The molecule has 0 bridgehead atoms. The molecule has 1 atom stereocenters. The molecule has 4 rings (SSSR count). The van der Waals surface area contributed by atoms with Crippen LogP contribution in [-0.2, 0) is 4.79 Å². The van der Waals surface area contributed by atoms with E-state index in [1.165, 1.54) is 0 Å². The van der Waals surface area contributed by atoms with Gasteiger partial charge in [-0.25, -0.2) is 0 Å². The number of H-pyrrole nitrogens is 1. The number of primary amides is 1. The van der Waals surface area contributed by atoms with Crippen LogP contribution in [0.4, 0.5) is 17.5 Å². The first-order valence-corrected chi connectivity index (χ1v) is 9.97. The van der Waals surface area contributed by atoms with Gasteiger partial charge in [0.25, 0.3) is 0 Å². The highest BCUT2D eigenvalue weighted by Gasteiger charge is 2.24. The van der Waals surface area contributed by atoms with Crippen molar-refractivity contribution in [3.05, 3.63) is 42.1 Å². The average molecular weight is 418 g/mol. The molecule has 1 aromatic carbocycles. The largest absolute Gasteiger partial charge is 0.366 e. The Bertz CT molecular complexity index is 1150. The van der Waals surface area contributed by atoms with Crippen LogP contribution in [0.25, 0.3) is 11.0 Å². The third kappa shape index (κ3) is 4.56. The van der Waals surface area contributed by atoms with E-state index in [4.69, 9.17) is 11.0 Å². The van der Waals surface area contributed by atoms with Crippen molar-refractivity contribution >= 4 is 40.3 Å². The van der Waals surface area contributed by atoms with E-state index in [0.29, 0.717) is 41.8 Å². The van der Waals surface area contributed by atoms with Crippen LogP contribution in [0.1, 0.15) is 29.6 Å². The van der Waals surface area contributed by atoms with Crippen molar-refractivity contribution in [2.75, 3.05) is 23.7 Å². The molecule has 5 N–H and O–H groups in total. The number of nitrogens with zero attached hydrogens (tertiary/aromatic N) is 4. The zero-order chi connectivity index (χ0) is 21.8. The number of carbonyl (C=O) groups excluding carboxylic acids is 2. The number of amides is 2. The lowest BCUT2D eigenvalue weighted by Gasteiger charge is -2.33.